The molecule has 0 spiro atoms. The Labute approximate surface area is 93.9 Å². The van der Waals surface area contributed by atoms with Crippen LogP contribution in [-0.4, -0.2) is 28.4 Å². The Bertz CT molecular complexity index is 342. The van der Waals surface area contributed by atoms with E-state index in [1.165, 1.54) is 46.6 Å². The predicted octanol–water partition coefficient (Wildman–Crippen LogP) is 1.88. The molecule has 0 atom stereocenters. The van der Waals surface area contributed by atoms with E-state index in [1.807, 2.05) is 0 Å². The Morgan fingerprint density at radius 1 is 1.00 bits per heavy atom. The molecule has 4 nitrogen and oxygen atoms in total. The summed E-state index contributed by atoms with van der Waals surface area (Å²) in [7, 11) is 5.69. The van der Waals surface area contributed by atoms with Crippen molar-refractivity contribution in [2.75, 3.05) is 28.4 Å². The Balaban J connectivity index is 3.20. The second-order valence-corrected chi connectivity index (χ2v) is 3.02. The molecule has 0 fully saturated rings. The standard InChI is InChI=1S/C11H15FO4/c1-13-10-7-8(5-6-9(10)12)11(14-2,15-3)16-4/h5-7H,1-4H3. The summed E-state index contributed by atoms with van der Waals surface area (Å²) in [5.74, 6) is -1.70. The van der Waals surface area contributed by atoms with E-state index >= 15 is 0 Å². The second-order valence-electron chi connectivity index (χ2n) is 3.02. The third-order valence-electron chi connectivity index (χ3n) is 2.31. The monoisotopic (exact) mass is 230 g/mol. The fourth-order valence-corrected chi connectivity index (χ4v) is 1.45. The Morgan fingerprint density at radius 2 is 1.56 bits per heavy atom. The van der Waals surface area contributed by atoms with Crippen LogP contribution >= 0.6 is 0 Å². The summed E-state index contributed by atoms with van der Waals surface area (Å²) in [5, 5.41) is 0. The zero-order valence-electron chi connectivity index (χ0n) is 9.74. The van der Waals surface area contributed by atoms with Crippen molar-refractivity contribution in [3.05, 3.63) is 29.6 Å². The van der Waals surface area contributed by atoms with Gasteiger partial charge >= 0.3 is 5.97 Å². The predicted molar refractivity (Wildman–Crippen MR) is 55.7 cm³/mol. The van der Waals surface area contributed by atoms with Crippen LogP contribution in [0.25, 0.3) is 0 Å². The molecule has 0 aromatic heterocycles. The summed E-state index contributed by atoms with van der Waals surface area (Å²) >= 11 is 0. The van der Waals surface area contributed by atoms with Gasteiger partial charge in [0.2, 0.25) is 0 Å². The minimum atomic E-state index is -1.35. The molecule has 0 aliphatic heterocycles. The second kappa shape index (κ2) is 5.25. The molecular formula is C11H15FO4. The molecule has 0 bridgehead atoms. The minimum absolute atomic E-state index is 0.105. The number of rotatable bonds is 5. The molecule has 16 heavy (non-hydrogen) atoms. The molecule has 90 valence electrons. The molecule has 0 radical (unpaired) electrons. The summed E-state index contributed by atoms with van der Waals surface area (Å²) in [6.45, 7) is 0. The van der Waals surface area contributed by atoms with Gasteiger partial charge in [0.05, 0.1) is 7.11 Å². The van der Waals surface area contributed by atoms with Crippen LogP contribution < -0.4 is 4.74 Å². The first-order valence-electron chi connectivity index (χ1n) is 4.63. The molecule has 0 saturated heterocycles. The van der Waals surface area contributed by atoms with Gasteiger partial charge in [-0.25, -0.2) is 4.39 Å². The van der Waals surface area contributed by atoms with Crippen LogP contribution in [0.15, 0.2) is 18.2 Å². The van der Waals surface area contributed by atoms with Gasteiger partial charge in [0.25, 0.3) is 0 Å². The fraction of sp³-hybridized carbons (Fsp3) is 0.455. The highest BCUT2D eigenvalue weighted by Crippen LogP contribution is 2.30. The lowest BCUT2D eigenvalue weighted by atomic mass is 10.1. The summed E-state index contributed by atoms with van der Waals surface area (Å²) in [6, 6.07) is 4.24. The van der Waals surface area contributed by atoms with Gasteiger partial charge in [-0.2, -0.15) is 0 Å². The molecule has 0 heterocycles. The van der Waals surface area contributed by atoms with Crippen molar-refractivity contribution in [3.8, 4) is 5.75 Å². The Hall–Kier alpha value is -1.17. The molecular weight excluding hydrogens is 215 g/mol. The summed E-state index contributed by atoms with van der Waals surface area (Å²) in [6.07, 6.45) is 0. The van der Waals surface area contributed by atoms with Crippen molar-refractivity contribution in [3.63, 3.8) is 0 Å². The van der Waals surface area contributed by atoms with Gasteiger partial charge < -0.3 is 18.9 Å². The molecule has 0 N–H and O–H groups in total. The van der Waals surface area contributed by atoms with Crippen molar-refractivity contribution in [1.29, 1.82) is 0 Å². The van der Waals surface area contributed by atoms with E-state index in [9.17, 15) is 4.39 Å². The minimum Gasteiger partial charge on any atom is -0.494 e. The third kappa shape index (κ3) is 2.16. The van der Waals surface area contributed by atoms with Gasteiger partial charge in [-0.05, 0) is 18.2 Å². The number of methoxy groups -OCH3 is 4. The maximum absolute atomic E-state index is 13.2. The Kier molecular flexibility index (Phi) is 4.23. The highest BCUT2D eigenvalue weighted by Gasteiger charge is 2.33. The number of halogens is 1. The smallest absolute Gasteiger partial charge is 0.311 e. The van der Waals surface area contributed by atoms with Crippen molar-refractivity contribution in [1.82, 2.24) is 0 Å². The van der Waals surface area contributed by atoms with Crippen molar-refractivity contribution >= 4 is 0 Å². The molecule has 0 aliphatic carbocycles. The maximum Gasteiger partial charge on any atom is 0.311 e. The van der Waals surface area contributed by atoms with Gasteiger partial charge in [0.1, 0.15) is 0 Å². The lowest BCUT2D eigenvalue weighted by Gasteiger charge is -2.29. The topological polar surface area (TPSA) is 36.9 Å². The molecule has 1 aromatic carbocycles. The third-order valence-corrected chi connectivity index (χ3v) is 2.31. The molecule has 0 saturated carbocycles. The average molecular weight is 230 g/mol. The van der Waals surface area contributed by atoms with Gasteiger partial charge in [0.15, 0.2) is 11.6 Å². The van der Waals surface area contributed by atoms with Crippen LogP contribution in [0, 0.1) is 5.82 Å². The first kappa shape index (κ1) is 12.9. The van der Waals surface area contributed by atoms with Crippen molar-refractivity contribution in [2.24, 2.45) is 0 Å². The van der Waals surface area contributed by atoms with Crippen LogP contribution in [0.5, 0.6) is 5.75 Å². The van der Waals surface area contributed by atoms with E-state index in [0.29, 0.717) is 5.56 Å². The van der Waals surface area contributed by atoms with Crippen LogP contribution in [0.1, 0.15) is 5.56 Å². The first-order chi connectivity index (χ1) is 7.63. The average Bonchev–Trinajstić information content (AvgIpc) is 2.33. The van der Waals surface area contributed by atoms with Crippen molar-refractivity contribution in [2.45, 2.75) is 5.97 Å². The van der Waals surface area contributed by atoms with Gasteiger partial charge in [0, 0.05) is 26.9 Å². The number of hydrogen-bond donors (Lipinski definition) is 0. The van der Waals surface area contributed by atoms with Crippen molar-refractivity contribution < 1.29 is 23.3 Å². The lowest BCUT2D eigenvalue weighted by molar-refractivity contribution is -0.364. The highest BCUT2D eigenvalue weighted by atomic mass is 19.1. The molecule has 0 amide bonds. The molecule has 0 unspecified atom stereocenters. The molecule has 5 heteroatoms. The summed E-state index contributed by atoms with van der Waals surface area (Å²) in [4.78, 5) is 0. The Morgan fingerprint density at radius 3 is 2.00 bits per heavy atom. The van der Waals surface area contributed by atoms with Gasteiger partial charge in [-0.3, -0.25) is 0 Å². The fourth-order valence-electron chi connectivity index (χ4n) is 1.45. The zero-order valence-corrected chi connectivity index (χ0v) is 9.74. The number of ether oxygens (including phenoxy) is 4. The number of hydrogen-bond acceptors (Lipinski definition) is 4. The van der Waals surface area contributed by atoms with Crippen LogP contribution in [0.2, 0.25) is 0 Å². The molecule has 1 aromatic rings. The van der Waals surface area contributed by atoms with E-state index in [-0.39, 0.29) is 5.75 Å². The lowest BCUT2D eigenvalue weighted by Crippen LogP contribution is -2.32. The van der Waals surface area contributed by atoms with E-state index in [1.54, 1.807) is 0 Å². The normalized spacial score (nSPS) is 11.6. The largest absolute Gasteiger partial charge is 0.494 e. The van der Waals surface area contributed by atoms with E-state index in [2.05, 4.69) is 0 Å². The van der Waals surface area contributed by atoms with Gasteiger partial charge in [-0.15, -0.1) is 0 Å². The maximum atomic E-state index is 13.2. The highest BCUT2D eigenvalue weighted by molar-refractivity contribution is 5.32. The van der Waals surface area contributed by atoms with Gasteiger partial charge in [-0.1, -0.05) is 0 Å². The quantitative estimate of drug-likeness (QED) is 0.724. The molecule has 0 aliphatic rings. The van der Waals surface area contributed by atoms with E-state index in [4.69, 9.17) is 18.9 Å². The molecule has 1 rings (SSSR count). The van der Waals surface area contributed by atoms with Crippen LogP contribution in [0.3, 0.4) is 0 Å². The summed E-state index contributed by atoms with van der Waals surface area (Å²) < 4.78 is 33.5. The first-order valence-corrected chi connectivity index (χ1v) is 4.63. The van der Waals surface area contributed by atoms with Crippen LogP contribution in [-0.2, 0) is 20.2 Å². The van der Waals surface area contributed by atoms with E-state index in [0.717, 1.165) is 0 Å². The van der Waals surface area contributed by atoms with E-state index < -0.39 is 11.8 Å². The number of benzene rings is 1. The van der Waals surface area contributed by atoms with Crippen LogP contribution in [0.4, 0.5) is 4.39 Å². The zero-order chi connectivity index (χ0) is 12.2. The SMILES string of the molecule is COc1cc(C(OC)(OC)OC)ccc1F. The summed E-state index contributed by atoms with van der Waals surface area (Å²) in [5.41, 5.74) is 0.512.